The molecule has 0 spiro atoms. The smallest absolute Gasteiger partial charge is 0.246 e. The molecule has 6 nitrogen and oxygen atoms in total. The normalized spacial score (nSPS) is 11.5. The average Bonchev–Trinajstić information content (AvgIpc) is 2.95. The van der Waals surface area contributed by atoms with Gasteiger partial charge in [-0.25, -0.2) is 31.0 Å². The fraction of sp³-hybridized carbons (Fsp3) is 0.0667. The number of nitrogens with one attached hydrogen (secondary N) is 1. The Bertz CT molecular complexity index is 1020. The van der Waals surface area contributed by atoms with Crippen LogP contribution in [0.15, 0.2) is 53.7 Å². The summed E-state index contributed by atoms with van der Waals surface area (Å²) in [4.78, 5) is 3.01. The SMILES string of the molecule is O=S(=O)(Nc1ncn(Cc2ccccc2F)n1)c1ccc(F)cc1F. The van der Waals surface area contributed by atoms with Crippen LogP contribution in [0.5, 0.6) is 0 Å². The zero-order valence-corrected chi connectivity index (χ0v) is 13.3. The maximum atomic E-state index is 13.6. The van der Waals surface area contributed by atoms with E-state index < -0.39 is 32.4 Å². The topological polar surface area (TPSA) is 76.9 Å². The van der Waals surface area contributed by atoms with Gasteiger partial charge in [0.25, 0.3) is 16.0 Å². The number of aromatic nitrogens is 3. The van der Waals surface area contributed by atoms with Gasteiger partial charge in [-0.2, -0.15) is 4.98 Å². The minimum absolute atomic E-state index is 0.0340. The molecule has 0 saturated carbocycles. The summed E-state index contributed by atoms with van der Waals surface area (Å²) in [6.45, 7) is 0.0340. The van der Waals surface area contributed by atoms with E-state index in [-0.39, 0.29) is 12.5 Å². The number of hydrogen-bond donors (Lipinski definition) is 1. The van der Waals surface area contributed by atoms with Gasteiger partial charge < -0.3 is 0 Å². The van der Waals surface area contributed by atoms with Crippen LogP contribution >= 0.6 is 0 Å². The summed E-state index contributed by atoms with van der Waals surface area (Å²) in [7, 11) is -4.33. The molecule has 3 aromatic rings. The van der Waals surface area contributed by atoms with E-state index in [1.54, 1.807) is 12.1 Å². The Hall–Kier alpha value is -2.88. The molecule has 25 heavy (non-hydrogen) atoms. The van der Waals surface area contributed by atoms with Crippen molar-refractivity contribution in [2.24, 2.45) is 0 Å². The van der Waals surface area contributed by atoms with Gasteiger partial charge in [0.05, 0.1) is 6.54 Å². The molecular weight excluding hydrogens is 357 g/mol. The predicted molar refractivity (Wildman–Crippen MR) is 82.7 cm³/mol. The van der Waals surface area contributed by atoms with Crippen LogP contribution in [0.4, 0.5) is 19.1 Å². The Labute approximate surface area is 141 Å². The lowest BCUT2D eigenvalue weighted by Crippen LogP contribution is -2.16. The van der Waals surface area contributed by atoms with Crippen LogP contribution in [0, 0.1) is 17.5 Å². The number of rotatable bonds is 5. The third-order valence-corrected chi connectivity index (χ3v) is 4.60. The Balaban J connectivity index is 1.80. The molecule has 1 heterocycles. The third kappa shape index (κ3) is 3.79. The van der Waals surface area contributed by atoms with Crippen molar-refractivity contribution in [2.45, 2.75) is 11.4 Å². The van der Waals surface area contributed by atoms with Crippen molar-refractivity contribution in [3.8, 4) is 0 Å². The molecule has 0 radical (unpaired) electrons. The van der Waals surface area contributed by atoms with Crippen LogP contribution in [0.25, 0.3) is 0 Å². The zero-order valence-electron chi connectivity index (χ0n) is 12.5. The quantitative estimate of drug-likeness (QED) is 0.751. The first-order valence-electron chi connectivity index (χ1n) is 6.96. The van der Waals surface area contributed by atoms with Crippen LogP contribution in [0.1, 0.15) is 5.56 Å². The zero-order chi connectivity index (χ0) is 18.0. The Morgan fingerprint density at radius 1 is 1.04 bits per heavy atom. The number of anilines is 1. The van der Waals surface area contributed by atoms with Gasteiger partial charge in [0.1, 0.15) is 28.7 Å². The van der Waals surface area contributed by atoms with Crippen molar-refractivity contribution < 1.29 is 21.6 Å². The van der Waals surface area contributed by atoms with E-state index in [2.05, 4.69) is 10.1 Å². The molecule has 0 aliphatic rings. The molecule has 130 valence electrons. The van der Waals surface area contributed by atoms with E-state index in [1.165, 1.54) is 23.1 Å². The van der Waals surface area contributed by atoms with Crippen molar-refractivity contribution in [3.63, 3.8) is 0 Å². The highest BCUT2D eigenvalue weighted by atomic mass is 32.2. The molecule has 0 saturated heterocycles. The van der Waals surface area contributed by atoms with E-state index in [0.717, 1.165) is 12.1 Å². The van der Waals surface area contributed by atoms with Crippen molar-refractivity contribution in [3.05, 3.63) is 71.8 Å². The molecule has 0 unspecified atom stereocenters. The molecule has 0 atom stereocenters. The molecule has 0 amide bonds. The summed E-state index contributed by atoms with van der Waals surface area (Å²) in [6, 6.07) is 8.10. The Morgan fingerprint density at radius 2 is 1.80 bits per heavy atom. The lowest BCUT2D eigenvalue weighted by molar-refractivity contribution is 0.550. The number of nitrogens with zero attached hydrogens (tertiary/aromatic N) is 3. The van der Waals surface area contributed by atoms with Crippen LogP contribution in [-0.2, 0) is 16.6 Å². The average molecular weight is 368 g/mol. The summed E-state index contributed by atoms with van der Waals surface area (Å²) in [6.07, 6.45) is 1.20. The Kier molecular flexibility index (Phi) is 4.45. The number of benzene rings is 2. The monoisotopic (exact) mass is 368 g/mol. The fourth-order valence-electron chi connectivity index (χ4n) is 2.09. The van der Waals surface area contributed by atoms with Gasteiger partial charge in [-0.3, -0.25) is 0 Å². The second-order valence-corrected chi connectivity index (χ2v) is 6.69. The van der Waals surface area contributed by atoms with Gasteiger partial charge >= 0.3 is 0 Å². The summed E-state index contributed by atoms with van der Waals surface area (Å²) >= 11 is 0. The first kappa shape index (κ1) is 17.0. The van der Waals surface area contributed by atoms with Crippen molar-refractivity contribution in [2.75, 3.05) is 4.72 Å². The van der Waals surface area contributed by atoms with E-state index in [0.29, 0.717) is 11.6 Å². The maximum absolute atomic E-state index is 13.6. The van der Waals surface area contributed by atoms with Crippen LogP contribution in [0.2, 0.25) is 0 Å². The molecule has 0 aliphatic heterocycles. The Morgan fingerprint density at radius 3 is 2.52 bits per heavy atom. The van der Waals surface area contributed by atoms with Gasteiger partial charge in [-0.05, 0) is 18.2 Å². The van der Waals surface area contributed by atoms with Gasteiger partial charge in [0.2, 0.25) is 0 Å². The molecule has 2 aromatic carbocycles. The van der Waals surface area contributed by atoms with Gasteiger partial charge in [-0.1, -0.05) is 18.2 Å². The minimum atomic E-state index is -4.33. The molecule has 10 heteroatoms. The van der Waals surface area contributed by atoms with Gasteiger partial charge in [0, 0.05) is 11.6 Å². The third-order valence-electron chi connectivity index (χ3n) is 3.24. The number of halogens is 3. The second kappa shape index (κ2) is 6.55. The summed E-state index contributed by atoms with van der Waals surface area (Å²) in [5, 5.41) is 3.86. The molecule has 1 N–H and O–H groups in total. The minimum Gasteiger partial charge on any atom is -0.246 e. The van der Waals surface area contributed by atoms with E-state index in [9.17, 15) is 21.6 Å². The van der Waals surface area contributed by atoms with Crippen LogP contribution in [-0.4, -0.2) is 23.2 Å². The number of hydrogen-bond acceptors (Lipinski definition) is 4. The van der Waals surface area contributed by atoms with Gasteiger partial charge in [-0.15, -0.1) is 5.10 Å². The van der Waals surface area contributed by atoms with Crippen molar-refractivity contribution >= 4 is 16.0 Å². The lowest BCUT2D eigenvalue weighted by atomic mass is 10.2. The lowest BCUT2D eigenvalue weighted by Gasteiger charge is -2.06. The molecule has 1 aromatic heterocycles. The largest absolute Gasteiger partial charge is 0.267 e. The van der Waals surface area contributed by atoms with Crippen LogP contribution < -0.4 is 4.72 Å². The predicted octanol–water partition coefficient (Wildman–Crippen LogP) is 2.54. The van der Waals surface area contributed by atoms with E-state index >= 15 is 0 Å². The van der Waals surface area contributed by atoms with Crippen molar-refractivity contribution in [1.82, 2.24) is 14.8 Å². The summed E-state index contributed by atoms with van der Waals surface area (Å²) in [5.74, 6) is -2.89. The highest BCUT2D eigenvalue weighted by Gasteiger charge is 2.21. The molecule has 0 aliphatic carbocycles. The maximum Gasteiger partial charge on any atom is 0.267 e. The first-order valence-corrected chi connectivity index (χ1v) is 8.44. The fourth-order valence-corrected chi connectivity index (χ4v) is 3.09. The molecule has 0 bridgehead atoms. The standard InChI is InChI=1S/C15H11F3N4O2S/c16-11-5-6-14(13(18)7-11)25(23,24)21-15-19-9-22(20-15)8-10-3-1-2-4-12(10)17/h1-7,9H,8H2,(H,20,21). The highest BCUT2D eigenvalue weighted by Crippen LogP contribution is 2.18. The summed E-state index contributed by atoms with van der Waals surface area (Å²) < 4.78 is 67.6. The molecule has 0 fully saturated rings. The summed E-state index contributed by atoms with van der Waals surface area (Å²) in [5.41, 5.74) is 0.339. The molecular formula is C15H11F3N4O2S. The van der Waals surface area contributed by atoms with Crippen LogP contribution in [0.3, 0.4) is 0 Å². The van der Waals surface area contributed by atoms with E-state index in [4.69, 9.17) is 0 Å². The van der Waals surface area contributed by atoms with Gasteiger partial charge in [0.15, 0.2) is 0 Å². The van der Waals surface area contributed by atoms with E-state index in [1.807, 2.05) is 4.72 Å². The van der Waals surface area contributed by atoms with Crippen molar-refractivity contribution in [1.29, 1.82) is 0 Å². The second-order valence-electron chi connectivity index (χ2n) is 5.04. The first-order chi connectivity index (χ1) is 11.8. The highest BCUT2D eigenvalue weighted by molar-refractivity contribution is 7.92. The number of sulfonamides is 1. The molecule has 3 rings (SSSR count).